The molecule has 0 N–H and O–H groups in total. The number of halogens is 5. The van der Waals surface area contributed by atoms with Crippen LogP contribution < -0.4 is 4.74 Å². The van der Waals surface area contributed by atoms with Gasteiger partial charge < -0.3 is 4.74 Å². The molecule has 0 bridgehead atoms. The molecular formula is C11H11F5O2. The van der Waals surface area contributed by atoms with Crippen molar-refractivity contribution in [1.29, 1.82) is 0 Å². The first-order valence-corrected chi connectivity index (χ1v) is 5.12. The molecule has 0 unspecified atom stereocenters. The predicted octanol–water partition coefficient (Wildman–Crippen LogP) is 3.72. The van der Waals surface area contributed by atoms with Crippen molar-refractivity contribution in [1.82, 2.24) is 0 Å². The molecule has 0 spiro atoms. The Morgan fingerprint density at radius 1 is 0.889 bits per heavy atom. The average Bonchev–Trinajstić information content (AvgIpc) is 2.41. The Hall–Kier alpha value is -1.66. The zero-order valence-corrected chi connectivity index (χ0v) is 9.91. The minimum absolute atomic E-state index is 0.264. The lowest BCUT2D eigenvalue weighted by molar-refractivity contribution is -0.134. The van der Waals surface area contributed by atoms with E-state index in [2.05, 4.69) is 4.74 Å². The number of carbonyl (C=O) groups excluding carboxylic acids is 1. The second kappa shape index (κ2) is 6.93. The molecule has 0 saturated heterocycles. The van der Waals surface area contributed by atoms with Crippen molar-refractivity contribution >= 4 is 5.97 Å². The van der Waals surface area contributed by atoms with Crippen LogP contribution >= 0.6 is 0 Å². The quantitative estimate of drug-likeness (QED) is 0.269. The van der Waals surface area contributed by atoms with E-state index in [1.807, 2.05) is 13.8 Å². The highest BCUT2D eigenvalue weighted by Gasteiger charge is 2.28. The van der Waals surface area contributed by atoms with Gasteiger partial charge in [-0.05, 0) is 0 Å². The Morgan fingerprint density at radius 3 is 1.56 bits per heavy atom. The average molecular weight is 270 g/mol. The fourth-order valence-corrected chi connectivity index (χ4v) is 0.860. The van der Waals surface area contributed by atoms with E-state index in [-0.39, 0.29) is 6.42 Å². The van der Waals surface area contributed by atoms with Gasteiger partial charge in [0, 0.05) is 6.42 Å². The lowest BCUT2D eigenvalue weighted by Gasteiger charge is -2.07. The molecule has 0 aliphatic carbocycles. The Morgan fingerprint density at radius 2 is 1.22 bits per heavy atom. The largest absolute Gasteiger partial charge is 0.420 e. The van der Waals surface area contributed by atoms with Crippen LogP contribution in [0, 0.1) is 29.1 Å². The first kappa shape index (κ1) is 16.3. The Labute approximate surface area is 100 Å². The summed E-state index contributed by atoms with van der Waals surface area (Å²) >= 11 is 0. The molecule has 0 radical (unpaired) electrons. The summed E-state index contributed by atoms with van der Waals surface area (Å²) in [6.45, 7) is 5.30. The van der Waals surface area contributed by atoms with E-state index in [9.17, 15) is 26.7 Å². The molecule has 0 atom stereocenters. The third-order valence-electron chi connectivity index (χ3n) is 1.67. The third-order valence-corrected chi connectivity index (χ3v) is 1.67. The van der Waals surface area contributed by atoms with Crippen LogP contribution in [0.15, 0.2) is 0 Å². The highest BCUT2D eigenvalue weighted by atomic mass is 19.2. The van der Waals surface area contributed by atoms with Gasteiger partial charge in [-0.15, -0.1) is 0 Å². The van der Waals surface area contributed by atoms with Crippen molar-refractivity contribution in [2.75, 3.05) is 0 Å². The van der Waals surface area contributed by atoms with Crippen molar-refractivity contribution in [2.24, 2.45) is 0 Å². The van der Waals surface area contributed by atoms with Crippen LogP contribution in [-0.2, 0) is 4.79 Å². The fourth-order valence-electron chi connectivity index (χ4n) is 0.860. The molecule has 0 fully saturated rings. The maximum Gasteiger partial charge on any atom is 0.311 e. The lowest BCUT2D eigenvalue weighted by atomic mass is 10.2. The molecule has 0 aliphatic heterocycles. The van der Waals surface area contributed by atoms with Crippen LogP contribution in [-0.4, -0.2) is 5.97 Å². The highest BCUT2D eigenvalue weighted by molar-refractivity contribution is 5.72. The van der Waals surface area contributed by atoms with Gasteiger partial charge in [-0.1, -0.05) is 20.8 Å². The molecule has 0 amide bonds. The number of benzene rings is 1. The molecule has 0 aromatic heterocycles. The molecule has 0 heterocycles. The van der Waals surface area contributed by atoms with Crippen LogP contribution in [0.3, 0.4) is 0 Å². The molecule has 0 aliphatic rings. The number of hydrogen-bond donors (Lipinski definition) is 0. The summed E-state index contributed by atoms with van der Waals surface area (Å²) in [5.41, 5.74) is 0. The summed E-state index contributed by atoms with van der Waals surface area (Å²) in [5, 5.41) is 0. The summed E-state index contributed by atoms with van der Waals surface area (Å²) in [5.74, 6) is -13.6. The van der Waals surface area contributed by atoms with Crippen molar-refractivity contribution in [3.8, 4) is 5.75 Å². The van der Waals surface area contributed by atoms with Crippen LogP contribution in [0.4, 0.5) is 22.0 Å². The zero-order chi connectivity index (χ0) is 14.5. The van der Waals surface area contributed by atoms with Gasteiger partial charge in [-0.2, -0.15) is 8.78 Å². The second-order valence-electron chi connectivity index (χ2n) is 2.73. The van der Waals surface area contributed by atoms with Gasteiger partial charge in [-0.3, -0.25) is 4.79 Å². The number of ether oxygens (including phenoxy) is 1. The fraction of sp³-hybridized carbons (Fsp3) is 0.364. The van der Waals surface area contributed by atoms with Gasteiger partial charge in [0.25, 0.3) is 0 Å². The Bertz CT molecular complexity index is 417. The zero-order valence-electron chi connectivity index (χ0n) is 9.91. The van der Waals surface area contributed by atoms with Crippen LogP contribution in [0.1, 0.15) is 27.2 Å². The van der Waals surface area contributed by atoms with E-state index in [0.717, 1.165) is 0 Å². The molecular weight excluding hydrogens is 259 g/mol. The molecule has 18 heavy (non-hydrogen) atoms. The van der Waals surface area contributed by atoms with Crippen molar-refractivity contribution in [3.05, 3.63) is 29.1 Å². The number of carbonyl (C=O) groups is 1. The molecule has 0 saturated carbocycles. The van der Waals surface area contributed by atoms with Crippen LogP contribution in [0.5, 0.6) is 5.75 Å². The number of rotatable bonds is 2. The van der Waals surface area contributed by atoms with Gasteiger partial charge in [-0.25, -0.2) is 13.2 Å². The third kappa shape index (κ3) is 3.18. The summed E-state index contributed by atoms with van der Waals surface area (Å²) in [6, 6.07) is 0. The van der Waals surface area contributed by atoms with E-state index in [1.54, 1.807) is 0 Å². The smallest absolute Gasteiger partial charge is 0.311 e. The summed E-state index contributed by atoms with van der Waals surface area (Å²) in [7, 11) is 0. The van der Waals surface area contributed by atoms with Gasteiger partial charge in [0.15, 0.2) is 0 Å². The summed E-state index contributed by atoms with van der Waals surface area (Å²) in [6.07, 6.45) is -0.264. The summed E-state index contributed by atoms with van der Waals surface area (Å²) in [4.78, 5) is 10.7. The Balaban J connectivity index is 0.00000137. The van der Waals surface area contributed by atoms with Gasteiger partial charge in [0.2, 0.25) is 34.8 Å². The van der Waals surface area contributed by atoms with Gasteiger partial charge in [0.1, 0.15) is 0 Å². The monoisotopic (exact) mass is 270 g/mol. The summed E-state index contributed by atoms with van der Waals surface area (Å²) < 4.78 is 67.6. The van der Waals surface area contributed by atoms with E-state index in [4.69, 9.17) is 0 Å². The van der Waals surface area contributed by atoms with E-state index in [1.165, 1.54) is 6.92 Å². The first-order valence-electron chi connectivity index (χ1n) is 5.12. The SMILES string of the molecule is CC.CCC(=O)Oc1c(F)c(F)c(F)c(F)c1F. The highest BCUT2D eigenvalue weighted by Crippen LogP contribution is 2.29. The van der Waals surface area contributed by atoms with Crippen LogP contribution in [0.2, 0.25) is 0 Å². The minimum Gasteiger partial charge on any atom is -0.420 e. The maximum absolute atomic E-state index is 12.9. The topological polar surface area (TPSA) is 26.3 Å². The van der Waals surface area contributed by atoms with Crippen molar-refractivity contribution in [3.63, 3.8) is 0 Å². The lowest BCUT2D eigenvalue weighted by Crippen LogP contribution is -2.12. The number of hydrogen-bond acceptors (Lipinski definition) is 2. The van der Waals surface area contributed by atoms with Crippen molar-refractivity contribution < 1.29 is 31.5 Å². The van der Waals surface area contributed by atoms with E-state index < -0.39 is 40.8 Å². The maximum atomic E-state index is 12.9. The molecule has 102 valence electrons. The Kier molecular flexibility index (Phi) is 6.29. The van der Waals surface area contributed by atoms with E-state index in [0.29, 0.717) is 0 Å². The van der Waals surface area contributed by atoms with Crippen LogP contribution in [0.25, 0.3) is 0 Å². The van der Waals surface area contributed by atoms with Crippen molar-refractivity contribution in [2.45, 2.75) is 27.2 Å². The molecule has 1 aromatic carbocycles. The number of esters is 1. The first-order chi connectivity index (χ1) is 8.40. The van der Waals surface area contributed by atoms with Gasteiger partial charge >= 0.3 is 5.97 Å². The standard InChI is InChI=1S/C9H5F5O2.C2H6/c1-2-3(15)16-9-7(13)5(11)4(10)6(12)8(9)14;1-2/h2H2,1H3;1-2H3. The minimum atomic E-state index is -2.30. The van der Waals surface area contributed by atoms with Gasteiger partial charge in [0.05, 0.1) is 0 Å². The van der Waals surface area contributed by atoms with E-state index >= 15 is 0 Å². The molecule has 7 heteroatoms. The normalized spacial score (nSPS) is 9.56. The second-order valence-corrected chi connectivity index (χ2v) is 2.73. The molecule has 1 rings (SSSR count). The molecule has 1 aromatic rings. The predicted molar refractivity (Wildman–Crippen MR) is 53.5 cm³/mol. The molecule has 2 nitrogen and oxygen atoms in total.